The fraction of sp³-hybridized carbons (Fsp3) is 0.0556. The first-order chi connectivity index (χ1) is 13.2. The molecule has 0 aliphatic heterocycles. The van der Waals surface area contributed by atoms with Crippen LogP contribution in [0.15, 0.2) is 60.9 Å². The summed E-state index contributed by atoms with van der Waals surface area (Å²) >= 11 is 0. The van der Waals surface area contributed by atoms with Crippen LogP contribution in [0.1, 0.15) is 5.56 Å². The summed E-state index contributed by atoms with van der Waals surface area (Å²) in [5.41, 5.74) is 14.2. The van der Waals surface area contributed by atoms with Gasteiger partial charge in [0.05, 0.1) is 11.9 Å². The highest BCUT2D eigenvalue weighted by atomic mass is 16.2. The zero-order chi connectivity index (χ0) is 18.6. The van der Waals surface area contributed by atoms with Crippen molar-refractivity contribution in [2.45, 2.75) is 6.42 Å². The van der Waals surface area contributed by atoms with Gasteiger partial charge in [-0.3, -0.25) is 15.6 Å². The van der Waals surface area contributed by atoms with E-state index in [0.717, 1.165) is 16.6 Å². The molecule has 2 aromatic carbocycles. The molecular weight excluding hydrogens is 344 g/mol. The number of nitrogen functional groups attached to an aromatic ring is 1. The number of benzene rings is 2. The standard InChI is InChI=1S/C18H16N8O/c19-16-17(24-23-15(27)10-12-6-2-1-3-7-12)20-11-21-18(16)26-14-9-5-4-8-13(14)22-25-26/h1-9,11H,10,19H2,(H,23,27)(H,20,21,24). The highest BCUT2D eigenvalue weighted by Crippen LogP contribution is 2.23. The Balaban J connectivity index is 1.53. The van der Waals surface area contributed by atoms with Crippen LogP contribution in [0.3, 0.4) is 0 Å². The number of nitrogens with one attached hydrogen (secondary N) is 2. The van der Waals surface area contributed by atoms with E-state index in [1.54, 1.807) is 0 Å². The number of anilines is 2. The van der Waals surface area contributed by atoms with Crippen LogP contribution in [0.5, 0.6) is 0 Å². The third kappa shape index (κ3) is 3.38. The third-order valence-corrected chi connectivity index (χ3v) is 3.94. The fourth-order valence-corrected chi connectivity index (χ4v) is 2.63. The predicted octanol–water partition coefficient (Wildman–Crippen LogP) is 1.48. The van der Waals surface area contributed by atoms with E-state index >= 15 is 0 Å². The van der Waals surface area contributed by atoms with Crippen molar-refractivity contribution in [3.8, 4) is 5.82 Å². The summed E-state index contributed by atoms with van der Waals surface area (Å²) in [6.07, 6.45) is 1.58. The fourth-order valence-electron chi connectivity index (χ4n) is 2.63. The van der Waals surface area contributed by atoms with E-state index in [1.807, 2.05) is 54.6 Å². The molecule has 0 fully saturated rings. The molecule has 0 radical (unpaired) electrons. The van der Waals surface area contributed by atoms with Gasteiger partial charge >= 0.3 is 0 Å². The maximum Gasteiger partial charge on any atom is 0.242 e. The minimum Gasteiger partial charge on any atom is -0.393 e. The predicted molar refractivity (Wildman–Crippen MR) is 101 cm³/mol. The first-order valence-corrected chi connectivity index (χ1v) is 8.22. The molecule has 4 aromatic rings. The summed E-state index contributed by atoms with van der Waals surface area (Å²) in [4.78, 5) is 20.4. The number of nitrogens with zero attached hydrogens (tertiary/aromatic N) is 5. The third-order valence-electron chi connectivity index (χ3n) is 3.94. The number of nitrogens with two attached hydrogens (primary N) is 1. The molecule has 0 atom stereocenters. The lowest BCUT2D eigenvalue weighted by atomic mass is 10.1. The molecule has 27 heavy (non-hydrogen) atoms. The molecule has 4 rings (SSSR count). The maximum atomic E-state index is 12.1. The average molecular weight is 360 g/mol. The number of para-hydroxylation sites is 1. The molecule has 0 saturated heterocycles. The van der Waals surface area contributed by atoms with Gasteiger partial charge in [-0.05, 0) is 17.7 Å². The van der Waals surface area contributed by atoms with E-state index in [2.05, 4.69) is 31.1 Å². The minimum absolute atomic E-state index is 0.216. The number of carbonyl (C=O) groups is 1. The number of carbonyl (C=O) groups excluding carboxylic acids is 1. The molecule has 0 spiro atoms. The van der Waals surface area contributed by atoms with Crippen LogP contribution >= 0.6 is 0 Å². The smallest absolute Gasteiger partial charge is 0.242 e. The molecule has 9 nitrogen and oxygen atoms in total. The number of hydrazine groups is 1. The highest BCUT2D eigenvalue weighted by Gasteiger charge is 2.14. The molecule has 1 amide bonds. The Bertz CT molecular complexity index is 1090. The van der Waals surface area contributed by atoms with Gasteiger partial charge in [-0.1, -0.05) is 47.7 Å². The van der Waals surface area contributed by atoms with E-state index < -0.39 is 0 Å². The lowest BCUT2D eigenvalue weighted by molar-refractivity contribution is -0.119. The van der Waals surface area contributed by atoms with E-state index in [0.29, 0.717) is 5.82 Å². The van der Waals surface area contributed by atoms with Crippen LogP contribution in [0.25, 0.3) is 16.9 Å². The number of hydrogen-bond donors (Lipinski definition) is 3. The van der Waals surface area contributed by atoms with E-state index in [4.69, 9.17) is 5.73 Å². The molecule has 4 N–H and O–H groups in total. The quantitative estimate of drug-likeness (QED) is 0.461. The van der Waals surface area contributed by atoms with Gasteiger partial charge in [-0.25, -0.2) is 9.97 Å². The van der Waals surface area contributed by atoms with Crippen LogP contribution in [0.4, 0.5) is 11.5 Å². The van der Waals surface area contributed by atoms with Crippen molar-refractivity contribution < 1.29 is 4.79 Å². The Morgan fingerprint density at radius 3 is 2.67 bits per heavy atom. The summed E-state index contributed by atoms with van der Waals surface area (Å²) in [7, 11) is 0. The molecule has 2 heterocycles. The number of amides is 1. The molecule has 134 valence electrons. The lowest BCUT2D eigenvalue weighted by Crippen LogP contribution is -2.31. The molecule has 0 saturated carbocycles. The second-order valence-electron chi connectivity index (χ2n) is 5.79. The van der Waals surface area contributed by atoms with Crippen LogP contribution in [-0.2, 0) is 11.2 Å². The largest absolute Gasteiger partial charge is 0.393 e. The highest BCUT2D eigenvalue weighted by molar-refractivity contribution is 5.82. The van der Waals surface area contributed by atoms with Crippen molar-refractivity contribution >= 4 is 28.4 Å². The molecular formula is C18H16N8O. The Morgan fingerprint density at radius 1 is 1.04 bits per heavy atom. The molecule has 9 heteroatoms. The second-order valence-corrected chi connectivity index (χ2v) is 5.79. The summed E-state index contributed by atoms with van der Waals surface area (Å²) in [6, 6.07) is 16.9. The van der Waals surface area contributed by atoms with Gasteiger partial charge in [-0.2, -0.15) is 4.68 Å². The van der Waals surface area contributed by atoms with Crippen molar-refractivity contribution in [2.75, 3.05) is 11.2 Å². The van der Waals surface area contributed by atoms with Crippen LogP contribution in [-0.4, -0.2) is 30.9 Å². The van der Waals surface area contributed by atoms with Crippen LogP contribution < -0.4 is 16.6 Å². The van der Waals surface area contributed by atoms with Crippen molar-refractivity contribution in [3.63, 3.8) is 0 Å². The number of fused-ring (bicyclic) bond motifs is 1. The molecule has 0 bridgehead atoms. The van der Waals surface area contributed by atoms with E-state index in [-0.39, 0.29) is 23.8 Å². The van der Waals surface area contributed by atoms with Crippen molar-refractivity contribution in [1.82, 2.24) is 30.4 Å². The molecule has 0 aliphatic rings. The van der Waals surface area contributed by atoms with Gasteiger partial charge in [0.1, 0.15) is 17.5 Å². The number of rotatable bonds is 5. The van der Waals surface area contributed by atoms with Gasteiger partial charge in [0.25, 0.3) is 0 Å². The summed E-state index contributed by atoms with van der Waals surface area (Å²) in [5.74, 6) is 0.437. The first-order valence-electron chi connectivity index (χ1n) is 8.22. The van der Waals surface area contributed by atoms with Crippen molar-refractivity contribution in [3.05, 3.63) is 66.5 Å². The Hall–Kier alpha value is -4.01. The zero-order valence-electron chi connectivity index (χ0n) is 14.2. The van der Waals surface area contributed by atoms with Gasteiger partial charge in [0.2, 0.25) is 5.91 Å². The SMILES string of the molecule is Nc1c(NNC(=O)Cc2ccccc2)ncnc1-n1nnc2ccccc21. The summed E-state index contributed by atoms with van der Waals surface area (Å²) in [6.45, 7) is 0. The Morgan fingerprint density at radius 2 is 1.81 bits per heavy atom. The molecule has 2 aromatic heterocycles. The Labute approximate surface area is 154 Å². The topological polar surface area (TPSA) is 124 Å². The van der Waals surface area contributed by atoms with Gasteiger partial charge in [0.15, 0.2) is 11.6 Å². The van der Waals surface area contributed by atoms with Gasteiger partial charge in [0, 0.05) is 0 Å². The molecule has 0 unspecified atom stereocenters. The monoisotopic (exact) mass is 360 g/mol. The average Bonchev–Trinajstić information content (AvgIpc) is 3.12. The van der Waals surface area contributed by atoms with E-state index in [1.165, 1.54) is 11.0 Å². The first kappa shape index (κ1) is 16.5. The van der Waals surface area contributed by atoms with Crippen molar-refractivity contribution in [2.24, 2.45) is 0 Å². The second kappa shape index (κ2) is 7.08. The van der Waals surface area contributed by atoms with E-state index in [9.17, 15) is 4.79 Å². The number of aromatic nitrogens is 5. The van der Waals surface area contributed by atoms with Crippen LogP contribution in [0, 0.1) is 0 Å². The Kier molecular flexibility index (Phi) is 4.32. The maximum absolute atomic E-state index is 12.1. The molecule has 0 aliphatic carbocycles. The normalized spacial score (nSPS) is 10.7. The number of hydrogen-bond acceptors (Lipinski definition) is 7. The summed E-state index contributed by atoms with van der Waals surface area (Å²) in [5, 5.41) is 8.19. The zero-order valence-corrected chi connectivity index (χ0v) is 14.2. The van der Waals surface area contributed by atoms with Gasteiger partial charge < -0.3 is 5.73 Å². The van der Waals surface area contributed by atoms with Crippen LogP contribution in [0.2, 0.25) is 0 Å². The van der Waals surface area contributed by atoms with Gasteiger partial charge in [-0.15, -0.1) is 5.10 Å². The summed E-state index contributed by atoms with van der Waals surface area (Å²) < 4.78 is 1.53. The lowest BCUT2D eigenvalue weighted by Gasteiger charge is -2.12. The minimum atomic E-state index is -0.216. The van der Waals surface area contributed by atoms with Crippen molar-refractivity contribution in [1.29, 1.82) is 0 Å².